The molecule has 0 aliphatic carbocycles. The highest BCUT2D eigenvalue weighted by atomic mass is 16.5. The number of carbonyl (C=O) groups is 2. The second-order valence-corrected chi connectivity index (χ2v) is 1.53. The van der Waals surface area contributed by atoms with Crippen molar-refractivity contribution in [3.05, 3.63) is 0 Å². The Hall–Kier alpha value is -1.06. The lowest BCUT2D eigenvalue weighted by Crippen LogP contribution is -2.29. The zero-order valence-electron chi connectivity index (χ0n) is 5.16. The molecule has 0 aromatic rings. The van der Waals surface area contributed by atoms with E-state index in [9.17, 15) is 9.59 Å². The summed E-state index contributed by atoms with van der Waals surface area (Å²) in [6, 6.07) is 0. The smallest absolute Gasteiger partial charge is 0.293 e. The van der Waals surface area contributed by atoms with E-state index < -0.39 is 12.0 Å². The summed E-state index contributed by atoms with van der Waals surface area (Å²) in [6.45, 7) is 1.93. The third kappa shape index (κ3) is 2.69. The molecule has 0 saturated carbocycles. The molecular formula is C5H9NO3. The summed E-state index contributed by atoms with van der Waals surface area (Å²) in [4.78, 5) is 19.9. The Balaban J connectivity index is 3.67. The van der Waals surface area contributed by atoms with Gasteiger partial charge in [-0.1, -0.05) is 6.92 Å². The van der Waals surface area contributed by atoms with Gasteiger partial charge in [0.25, 0.3) is 12.4 Å². The lowest BCUT2D eigenvalue weighted by atomic mass is 10.3. The summed E-state index contributed by atoms with van der Waals surface area (Å²) in [5, 5.41) is 0. The summed E-state index contributed by atoms with van der Waals surface area (Å²) in [7, 11) is 0. The number of rotatable bonds is 4. The first-order valence-corrected chi connectivity index (χ1v) is 2.60. The maximum absolute atomic E-state index is 10.3. The number of primary amides is 1. The SMILES string of the molecule is CCC(OC=O)C(N)=O. The molecule has 9 heavy (non-hydrogen) atoms. The van der Waals surface area contributed by atoms with Crippen molar-refractivity contribution in [2.24, 2.45) is 5.73 Å². The van der Waals surface area contributed by atoms with Crippen LogP contribution in [-0.4, -0.2) is 18.5 Å². The van der Waals surface area contributed by atoms with Crippen LogP contribution in [0.2, 0.25) is 0 Å². The summed E-state index contributed by atoms with van der Waals surface area (Å²) in [5.74, 6) is -0.607. The first-order chi connectivity index (χ1) is 4.22. The number of ether oxygens (including phenoxy) is 1. The summed E-state index contributed by atoms with van der Waals surface area (Å²) >= 11 is 0. The van der Waals surface area contributed by atoms with Crippen molar-refractivity contribution in [1.29, 1.82) is 0 Å². The van der Waals surface area contributed by atoms with Crippen LogP contribution in [0.3, 0.4) is 0 Å². The maximum Gasteiger partial charge on any atom is 0.293 e. The van der Waals surface area contributed by atoms with Gasteiger partial charge in [-0.25, -0.2) is 0 Å². The van der Waals surface area contributed by atoms with E-state index in [2.05, 4.69) is 4.74 Å². The van der Waals surface area contributed by atoms with Crippen molar-refractivity contribution in [3.8, 4) is 0 Å². The van der Waals surface area contributed by atoms with Crippen LogP contribution in [0.1, 0.15) is 13.3 Å². The fourth-order valence-corrected chi connectivity index (χ4v) is 0.432. The van der Waals surface area contributed by atoms with Crippen molar-refractivity contribution >= 4 is 12.4 Å². The maximum atomic E-state index is 10.3. The summed E-state index contributed by atoms with van der Waals surface area (Å²) in [5.41, 5.74) is 4.81. The van der Waals surface area contributed by atoms with Gasteiger partial charge in [-0.3, -0.25) is 9.59 Å². The fraction of sp³-hybridized carbons (Fsp3) is 0.600. The number of amides is 1. The van der Waals surface area contributed by atoms with E-state index in [-0.39, 0.29) is 6.47 Å². The highest BCUT2D eigenvalue weighted by Gasteiger charge is 2.11. The Bertz CT molecular complexity index is 113. The minimum Gasteiger partial charge on any atom is -0.454 e. The zero-order chi connectivity index (χ0) is 7.28. The Morgan fingerprint density at radius 2 is 2.44 bits per heavy atom. The molecule has 0 spiro atoms. The van der Waals surface area contributed by atoms with Crippen molar-refractivity contribution in [3.63, 3.8) is 0 Å². The number of carbonyl (C=O) groups excluding carboxylic acids is 2. The van der Waals surface area contributed by atoms with Gasteiger partial charge in [0.2, 0.25) is 0 Å². The Labute approximate surface area is 53.0 Å². The number of hydrogen-bond donors (Lipinski definition) is 1. The van der Waals surface area contributed by atoms with Gasteiger partial charge in [-0.2, -0.15) is 0 Å². The number of hydrogen-bond acceptors (Lipinski definition) is 3. The fourth-order valence-electron chi connectivity index (χ4n) is 0.432. The van der Waals surface area contributed by atoms with Crippen LogP contribution in [0.5, 0.6) is 0 Å². The van der Waals surface area contributed by atoms with E-state index >= 15 is 0 Å². The molecule has 52 valence electrons. The minimum absolute atomic E-state index is 0.221. The van der Waals surface area contributed by atoms with Crippen molar-refractivity contribution in [1.82, 2.24) is 0 Å². The van der Waals surface area contributed by atoms with E-state index in [1.165, 1.54) is 0 Å². The molecule has 0 heterocycles. The lowest BCUT2D eigenvalue weighted by Gasteiger charge is -2.05. The third-order valence-electron chi connectivity index (χ3n) is 0.908. The van der Waals surface area contributed by atoms with Crippen molar-refractivity contribution in [2.75, 3.05) is 0 Å². The average Bonchev–Trinajstić information content (AvgIpc) is 1.82. The summed E-state index contributed by atoms with van der Waals surface area (Å²) in [6.07, 6.45) is -0.337. The van der Waals surface area contributed by atoms with Crippen LogP contribution in [0.25, 0.3) is 0 Å². The second kappa shape index (κ2) is 3.88. The standard InChI is InChI=1S/C5H9NO3/c1-2-4(5(6)8)9-3-7/h3-4H,2H2,1H3,(H2,6,8). The molecule has 0 saturated heterocycles. The van der Waals surface area contributed by atoms with Crippen LogP contribution >= 0.6 is 0 Å². The predicted octanol–water partition coefficient (Wildman–Crippen LogP) is -0.577. The third-order valence-corrected chi connectivity index (χ3v) is 0.908. The average molecular weight is 131 g/mol. The molecule has 0 radical (unpaired) electrons. The van der Waals surface area contributed by atoms with Crippen LogP contribution in [0, 0.1) is 0 Å². The molecule has 0 bridgehead atoms. The molecule has 2 N–H and O–H groups in total. The van der Waals surface area contributed by atoms with Crippen LogP contribution < -0.4 is 5.73 Å². The predicted molar refractivity (Wildman–Crippen MR) is 30.4 cm³/mol. The molecule has 0 aliphatic heterocycles. The van der Waals surface area contributed by atoms with Gasteiger partial charge in [0.15, 0.2) is 6.10 Å². The normalized spacial score (nSPS) is 12.1. The van der Waals surface area contributed by atoms with Gasteiger partial charge in [-0.15, -0.1) is 0 Å². The molecule has 0 fully saturated rings. The zero-order valence-corrected chi connectivity index (χ0v) is 5.16. The second-order valence-electron chi connectivity index (χ2n) is 1.53. The lowest BCUT2D eigenvalue weighted by molar-refractivity contribution is -0.143. The molecule has 4 nitrogen and oxygen atoms in total. The Morgan fingerprint density at radius 1 is 1.89 bits per heavy atom. The van der Waals surface area contributed by atoms with Gasteiger partial charge in [0.05, 0.1) is 0 Å². The van der Waals surface area contributed by atoms with E-state index in [1.807, 2.05) is 0 Å². The van der Waals surface area contributed by atoms with Gasteiger partial charge >= 0.3 is 0 Å². The van der Waals surface area contributed by atoms with E-state index in [1.54, 1.807) is 6.92 Å². The molecule has 0 aliphatic rings. The molecule has 0 aromatic heterocycles. The number of nitrogens with two attached hydrogens (primary N) is 1. The van der Waals surface area contributed by atoms with Gasteiger partial charge in [0.1, 0.15) is 0 Å². The molecule has 1 amide bonds. The van der Waals surface area contributed by atoms with E-state index in [0.29, 0.717) is 6.42 Å². The molecule has 1 atom stereocenters. The first-order valence-electron chi connectivity index (χ1n) is 2.60. The Morgan fingerprint density at radius 3 is 2.56 bits per heavy atom. The van der Waals surface area contributed by atoms with Crippen molar-refractivity contribution < 1.29 is 14.3 Å². The van der Waals surface area contributed by atoms with Crippen LogP contribution in [0.4, 0.5) is 0 Å². The van der Waals surface area contributed by atoms with E-state index in [4.69, 9.17) is 5.73 Å². The van der Waals surface area contributed by atoms with Crippen LogP contribution in [0.15, 0.2) is 0 Å². The van der Waals surface area contributed by atoms with Gasteiger partial charge in [0, 0.05) is 0 Å². The molecule has 0 aromatic carbocycles. The Kier molecular flexibility index (Phi) is 3.43. The molecule has 0 rings (SSSR count). The highest BCUT2D eigenvalue weighted by Crippen LogP contribution is 1.92. The van der Waals surface area contributed by atoms with E-state index in [0.717, 1.165) is 0 Å². The first kappa shape index (κ1) is 7.94. The van der Waals surface area contributed by atoms with Crippen molar-refractivity contribution in [2.45, 2.75) is 19.4 Å². The van der Waals surface area contributed by atoms with Gasteiger partial charge < -0.3 is 10.5 Å². The van der Waals surface area contributed by atoms with Gasteiger partial charge in [-0.05, 0) is 6.42 Å². The molecule has 1 unspecified atom stereocenters. The molecular weight excluding hydrogens is 122 g/mol. The molecule has 4 heteroatoms. The van der Waals surface area contributed by atoms with Crippen LogP contribution in [-0.2, 0) is 14.3 Å². The summed E-state index contributed by atoms with van der Waals surface area (Å²) < 4.78 is 4.30. The topological polar surface area (TPSA) is 69.4 Å². The quantitative estimate of drug-likeness (QED) is 0.519. The monoisotopic (exact) mass is 131 g/mol. The largest absolute Gasteiger partial charge is 0.454 e. The highest BCUT2D eigenvalue weighted by molar-refractivity contribution is 5.79. The minimum atomic E-state index is -0.762.